The Morgan fingerprint density at radius 1 is 0.833 bits per heavy atom. The van der Waals surface area contributed by atoms with Crippen molar-refractivity contribution in [1.82, 2.24) is 0 Å². The molecule has 0 spiro atoms. The lowest BCUT2D eigenvalue weighted by atomic mass is 9.99. The minimum Gasteiger partial charge on any atom is -0.465 e. The van der Waals surface area contributed by atoms with Crippen molar-refractivity contribution in [2.45, 2.75) is 72.3 Å². The molecule has 140 valence electrons. The summed E-state index contributed by atoms with van der Waals surface area (Å²) in [4.78, 5) is 23.3. The van der Waals surface area contributed by atoms with Crippen LogP contribution < -0.4 is 5.73 Å². The van der Waals surface area contributed by atoms with Crippen LogP contribution in [-0.4, -0.2) is 31.2 Å². The second-order valence-corrected chi connectivity index (χ2v) is 7.31. The van der Waals surface area contributed by atoms with Crippen LogP contribution in [0.4, 0.5) is 0 Å². The van der Waals surface area contributed by atoms with E-state index in [4.69, 9.17) is 15.2 Å². The Bertz CT molecular complexity index is 321. The van der Waals surface area contributed by atoms with Crippen molar-refractivity contribution in [3.8, 4) is 0 Å². The fraction of sp³-hybridized carbons (Fsp3) is 0.842. The number of ether oxygens (including phenoxy) is 2. The second-order valence-electron chi connectivity index (χ2n) is 7.31. The van der Waals surface area contributed by atoms with Crippen LogP contribution >= 0.6 is 0 Å². The Balaban J connectivity index is 3.54. The van der Waals surface area contributed by atoms with E-state index in [0.717, 1.165) is 32.1 Å². The maximum absolute atomic E-state index is 11.7. The summed E-state index contributed by atoms with van der Waals surface area (Å²) in [5.74, 6) is 0.0191. The highest BCUT2D eigenvalue weighted by molar-refractivity contribution is 5.75. The van der Waals surface area contributed by atoms with E-state index in [1.54, 1.807) is 0 Å². The summed E-state index contributed by atoms with van der Waals surface area (Å²) < 4.78 is 10.4. The van der Waals surface area contributed by atoms with Gasteiger partial charge < -0.3 is 15.2 Å². The van der Waals surface area contributed by atoms with Gasteiger partial charge in [-0.15, -0.1) is 0 Å². The molecule has 24 heavy (non-hydrogen) atoms. The van der Waals surface area contributed by atoms with Crippen LogP contribution in [0.2, 0.25) is 0 Å². The van der Waals surface area contributed by atoms with Crippen LogP contribution in [0.1, 0.15) is 66.2 Å². The molecule has 0 saturated heterocycles. The maximum atomic E-state index is 11.7. The second kappa shape index (κ2) is 13.1. The van der Waals surface area contributed by atoms with Crippen molar-refractivity contribution in [1.29, 1.82) is 0 Å². The molecule has 0 aliphatic carbocycles. The standard InChI is InChI=1S/C19H36NO4/c1-14(2)12-16(5)18(21)23-10-8-6-7-9-11-24-19(22)17(20)13-15(3)4/h14-17H,5-13,20H2,1-4H3/q+1. The molecule has 2 N–H and O–H groups in total. The Kier molecular flexibility index (Phi) is 12.4. The molecule has 0 bridgehead atoms. The molecule has 0 aromatic heterocycles. The van der Waals surface area contributed by atoms with Gasteiger partial charge in [-0.3, -0.25) is 4.79 Å². The fourth-order valence-electron chi connectivity index (χ4n) is 2.40. The number of hydrogen-bond acceptors (Lipinski definition) is 5. The predicted molar refractivity (Wildman–Crippen MR) is 96.1 cm³/mol. The van der Waals surface area contributed by atoms with Crippen molar-refractivity contribution in [3.63, 3.8) is 0 Å². The first-order valence-corrected chi connectivity index (χ1v) is 9.16. The van der Waals surface area contributed by atoms with Crippen LogP contribution in [0, 0.1) is 24.7 Å². The molecule has 5 heteroatoms. The zero-order valence-electron chi connectivity index (χ0n) is 15.9. The van der Waals surface area contributed by atoms with Crippen LogP contribution in [-0.2, 0) is 19.1 Å². The highest BCUT2D eigenvalue weighted by Gasteiger charge is 2.22. The SMILES string of the molecule is [CH2+]C(CC(C)C)C(=O)OCCCCCCOC(=O)C(N)CC(C)C. The molecule has 2 unspecified atom stereocenters. The Morgan fingerprint density at radius 2 is 1.29 bits per heavy atom. The van der Waals surface area contributed by atoms with Crippen molar-refractivity contribution < 1.29 is 19.1 Å². The van der Waals surface area contributed by atoms with Gasteiger partial charge in [-0.25, -0.2) is 4.79 Å². The van der Waals surface area contributed by atoms with Crippen molar-refractivity contribution in [2.75, 3.05) is 13.2 Å². The molecule has 0 radical (unpaired) electrons. The first-order valence-electron chi connectivity index (χ1n) is 9.16. The highest BCUT2D eigenvalue weighted by Crippen LogP contribution is 2.12. The number of esters is 2. The monoisotopic (exact) mass is 342 g/mol. The van der Waals surface area contributed by atoms with Crippen molar-refractivity contribution in [3.05, 3.63) is 6.92 Å². The molecule has 0 aromatic carbocycles. The minimum atomic E-state index is -0.522. The molecular formula is C19H36NO4+. The van der Waals surface area contributed by atoms with Gasteiger partial charge in [0.15, 0.2) is 5.92 Å². The van der Waals surface area contributed by atoms with E-state index in [0.29, 0.717) is 31.5 Å². The summed E-state index contributed by atoms with van der Waals surface area (Å²) in [6, 6.07) is -0.522. The average molecular weight is 343 g/mol. The summed E-state index contributed by atoms with van der Waals surface area (Å²) in [5, 5.41) is 0. The lowest BCUT2D eigenvalue weighted by molar-refractivity contribution is -0.148. The molecule has 0 heterocycles. The summed E-state index contributed by atoms with van der Waals surface area (Å²) in [7, 11) is 0. The van der Waals surface area contributed by atoms with Crippen molar-refractivity contribution >= 4 is 11.9 Å². The number of unbranched alkanes of at least 4 members (excludes halogenated alkanes) is 3. The van der Waals surface area contributed by atoms with Gasteiger partial charge >= 0.3 is 11.9 Å². The van der Waals surface area contributed by atoms with Crippen LogP contribution in [0.25, 0.3) is 0 Å². The van der Waals surface area contributed by atoms with Gasteiger partial charge in [0, 0.05) is 6.42 Å². The first kappa shape index (κ1) is 22.8. The predicted octanol–water partition coefficient (Wildman–Crippen LogP) is 3.50. The van der Waals surface area contributed by atoms with Gasteiger partial charge in [-0.05, 0) is 43.9 Å². The largest absolute Gasteiger partial charge is 0.465 e. The molecule has 0 saturated carbocycles. The highest BCUT2D eigenvalue weighted by atomic mass is 16.5. The third kappa shape index (κ3) is 12.2. The fourth-order valence-corrected chi connectivity index (χ4v) is 2.40. The molecule has 0 rings (SSSR count). The van der Waals surface area contributed by atoms with Gasteiger partial charge in [0.25, 0.3) is 0 Å². The Labute approximate surface area is 147 Å². The van der Waals surface area contributed by atoms with Gasteiger partial charge in [-0.1, -0.05) is 27.7 Å². The summed E-state index contributed by atoms with van der Waals surface area (Å²) in [5.41, 5.74) is 5.75. The first-order chi connectivity index (χ1) is 11.2. The van der Waals surface area contributed by atoms with E-state index in [2.05, 4.69) is 20.8 Å². The van der Waals surface area contributed by atoms with Crippen LogP contribution in [0.3, 0.4) is 0 Å². The van der Waals surface area contributed by atoms with E-state index >= 15 is 0 Å². The van der Waals surface area contributed by atoms with E-state index in [1.807, 2.05) is 13.8 Å². The van der Waals surface area contributed by atoms with E-state index in [1.165, 1.54) is 0 Å². The Hall–Kier alpha value is -1.23. The molecular weight excluding hydrogens is 306 g/mol. The van der Waals surface area contributed by atoms with E-state index in [9.17, 15) is 9.59 Å². The van der Waals surface area contributed by atoms with E-state index in [-0.39, 0.29) is 17.9 Å². The lowest BCUT2D eigenvalue weighted by Crippen LogP contribution is -2.33. The third-order valence-corrected chi connectivity index (χ3v) is 3.64. The quantitative estimate of drug-likeness (QED) is 0.315. The van der Waals surface area contributed by atoms with Gasteiger partial charge in [0.2, 0.25) is 0 Å². The molecule has 0 fully saturated rings. The zero-order chi connectivity index (χ0) is 18.5. The summed E-state index contributed by atoms with van der Waals surface area (Å²) >= 11 is 0. The molecule has 0 amide bonds. The van der Waals surface area contributed by atoms with Gasteiger partial charge in [0.05, 0.1) is 20.1 Å². The van der Waals surface area contributed by atoms with Gasteiger partial charge in [-0.2, -0.15) is 0 Å². The number of carbonyl (C=O) groups excluding carboxylic acids is 2. The van der Waals surface area contributed by atoms with Crippen molar-refractivity contribution in [2.24, 2.45) is 23.5 Å². The number of carbonyl (C=O) groups is 2. The lowest BCUT2D eigenvalue weighted by Gasteiger charge is -2.13. The van der Waals surface area contributed by atoms with Gasteiger partial charge in [0.1, 0.15) is 6.04 Å². The molecule has 0 aromatic rings. The normalized spacial score (nSPS) is 13.8. The number of hydrogen-bond donors (Lipinski definition) is 1. The molecule has 0 aliphatic rings. The smallest absolute Gasteiger partial charge is 0.354 e. The average Bonchev–Trinajstić information content (AvgIpc) is 2.47. The molecule has 2 atom stereocenters. The molecule has 5 nitrogen and oxygen atoms in total. The summed E-state index contributed by atoms with van der Waals surface area (Å²) in [6.07, 6.45) is 4.90. The Morgan fingerprint density at radius 3 is 1.75 bits per heavy atom. The third-order valence-electron chi connectivity index (χ3n) is 3.64. The summed E-state index contributed by atoms with van der Waals surface area (Å²) in [6.45, 7) is 12.8. The van der Waals surface area contributed by atoms with E-state index < -0.39 is 6.04 Å². The zero-order valence-corrected chi connectivity index (χ0v) is 15.9. The number of nitrogens with two attached hydrogens (primary N) is 1. The minimum absolute atomic E-state index is 0.211. The molecule has 0 aliphatic heterocycles. The number of rotatable bonds is 13. The van der Waals surface area contributed by atoms with Crippen LogP contribution in [0.5, 0.6) is 0 Å². The topological polar surface area (TPSA) is 78.6 Å². The maximum Gasteiger partial charge on any atom is 0.354 e. The van der Waals surface area contributed by atoms with Crippen LogP contribution in [0.15, 0.2) is 0 Å².